The molecule has 1 aliphatic rings. The van der Waals surface area contributed by atoms with Crippen molar-refractivity contribution in [1.29, 1.82) is 0 Å². The Kier molecular flexibility index (Phi) is 6.84. The summed E-state index contributed by atoms with van der Waals surface area (Å²) in [6.45, 7) is 9.20. The van der Waals surface area contributed by atoms with E-state index in [4.69, 9.17) is 16.3 Å². The molecule has 150 valence electrons. The summed E-state index contributed by atoms with van der Waals surface area (Å²) in [6, 6.07) is 12.9. The third kappa shape index (κ3) is 5.41. The summed E-state index contributed by atoms with van der Waals surface area (Å²) in [5, 5.41) is 3.59. The van der Waals surface area contributed by atoms with Gasteiger partial charge in [0.1, 0.15) is 5.75 Å². The first-order valence-electron chi connectivity index (χ1n) is 10.0. The lowest BCUT2D eigenvalue weighted by molar-refractivity contribution is 0.102. The molecule has 0 radical (unpaired) electrons. The van der Waals surface area contributed by atoms with E-state index in [0.717, 1.165) is 30.4 Å². The second-order valence-electron chi connectivity index (χ2n) is 8.02. The van der Waals surface area contributed by atoms with Crippen LogP contribution in [0.25, 0.3) is 0 Å². The fraction of sp³-hybridized carbons (Fsp3) is 0.435. The maximum absolute atomic E-state index is 12.5. The van der Waals surface area contributed by atoms with Crippen molar-refractivity contribution < 1.29 is 9.53 Å². The molecule has 28 heavy (non-hydrogen) atoms. The average molecular weight is 401 g/mol. The highest BCUT2D eigenvalue weighted by atomic mass is 35.5. The van der Waals surface area contributed by atoms with Gasteiger partial charge in [-0.3, -0.25) is 4.79 Å². The molecule has 0 bridgehead atoms. The fourth-order valence-corrected chi connectivity index (χ4v) is 3.56. The van der Waals surface area contributed by atoms with Crippen LogP contribution in [-0.2, 0) is 0 Å². The van der Waals surface area contributed by atoms with E-state index in [9.17, 15) is 4.79 Å². The molecule has 1 amide bonds. The van der Waals surface area contributed by atoms with E-state index in [1.165, 1.54) is 12.8 Å². The van der Waals surface area contributed by atoms with Crippen LogP contribution in [0.4, 0.5) is 11.4 Å². The second kappa shape index (κ2) is 9.33. The van der Waals surface area contributed by atoms with Crippen LogP contribution in [0.3, 0.4) is 0 Å². The monoisotopic (exact) mass is 400 g/mol. The van der Waals surface area contributed by atoms with E-state index in [2.05, 4.69) is 31.0 Å². The number of nitrogens with one attached hydrogen (secondary N) is 1. The molecular weight excluding hydrogens is 372 g/mol. The summed E-state index contributed by atoms with van der Waals surface area (Å²) in [6.07, 6.45) is 2.37. The molecule has 0 spiro atoms. The number of piperidine rings is 1. The van der Waals surface area contributed by atoms with Gasteiger partial charge in [-0.1, -0.05) is 32.4 Å². The Morgan fingerprint density at radius 1 is 1.18 bits per heavy atom. The molecule has 1 saturated heterocycles. The van der Waals surface area contributed by atoms with E-state index in [1.54, 1.807) is 12.1 Å². The number of benzene rings is 2. The van der Waals surface area contributed by atoms with Gasteiger partial charge < -0.3 is 15.0 Å². The highest BCUT2D eigenvalue weighted by Gasteiger charge is 2.18. The highest BCUT2D eigenvalue weighted by Crippen LogP contribution is 2.32. The molecule has 5 heteroatoms. The van der Waals surface area contributed by atoms with Gasteiger partial charge in [0.25, 0.3) is 5.91 Å². The number of carbonyl (C=O) groups is 1. The Labute approximate surface area is 172 Å². The van der Waals surface area contributed by atoms with Crippen LogP contribution in [0.5, 0.6) is 5.75 Å². The highest BCUT2D eigenvalue weighted by molar-refractivity contribution is 6.33. The van der Waals surface area contributed by atoms with E-state index in [0.29, 0.717) is 28.8 Å². The van der Waals surface area contributed by atoms with Gasteiger partial charge in [0.05, 0.1) is 17.3 Å². The van der Waals surface area contributed by atoms with Crippen molar-refractivity contribution in [2.75, 3.05) is 29.9 Å². The molecule has 1 heterocycles. The SMILES string of the molecule is CC(C)COc1ccc(C(=O)Nc2ccc(N3CCC(C)CC3)c(Cl)c2)cc1. The van der Waals surface area contributed by atoms with Crippen molar-refractivity contribution in [3.8, 4) is 5.75 Å². The molecule has 3 rings (SSSR count). The van der Waals surface area contributed by atoms with Crippen molar-refractivity contribution in [1.82, 2.24) is 0 Å². The molecule has 1 aliphatic heterocycles. The smallest absolute Gasteiger partial charge is 0.255 e. The summed E-state index contributed by atoms with van der Waals surface area (Å²) in [7, 11) is 0. The molecule has 4 nitrogen and oxygen atoms in total. The van der Waals surface area contributed by atoms with Gasteiger partial charge in [-0.15, -0.1) is 0 Å². The predicted molar refractivity (Wildman–Crippen MR) is 117 cm³/mol. The standard InChI is InChI=1S/C23H29ClN2O2/c1-16(2)15-28-20-7-4-18(5-8-20)23(27)25-19-6-9-22(21(24)14-19)26-12-10-17(3)11-13-26/h4-9,14,16-17H,10-13,15H2,1-3H3,(H,25,27). The van der Waals surface area contributed by atoms with Crippen LogP contribution in [0, 0.1) is 11.8 Å². The number of amides is 1. The van der Waals surface area contributed by atoms with Crippen LogP contribution in [-0.4, -0.2) is 25.6 Å². The van der Waals surface area contributed by atoms with E-state index in [1.807, 2.05) is 30.3 Å². The Morgan fingerprint density at radius 3 is 2.46 bits per heavy atom. The minimum atomic E-state index is -0.161. The summed E-state index contributed by atoms with van der Waals surface area (Å²) in [5.41, 5.74) is 2.32. The van der Waals surface area contributed by atoms with Gasteiger partial charge in [0, 0.05) is 24.3 Å². The van der Waals surface area contributed by atoms with Gasteiger partial charge in [-0.05, 0) is 67.1 Å². The fourth-order valence-electron chi connectivity index (χ4n) is 3.26. The Balaban J connectivity index is 1.61. The van der Waals surface area contributed by atoms with Gasteiger partial charge in [0.2, 0.25) is 0 Å². The molecule has 0 aromatic heterocycles. The maximum atomic E-state index is 12.5. The molecule has 1 fully saturated rings. The van der Waals surface area contributed by atoms with Crippen molar-refractivity contribution in [3.63, 3.8) is 0 Å². The second-order valence-corrected chi connectivity index (χ2v) is 8.43. The van der Waals surface area contributed by atoms with Crippen LogP contribution in [0.15, 0.2) is 42.5 Å². The largest absolute Gasteiger partial charge is 0.493 e. The average Bonchev–Trinajstić information content (AvgIpc) is 2.68. The van der Waals surface area contributed by atoms with Crippen LogP contribution >= 0.6 is 11.6 Å². The third-order valence-electron chi connectivity index (χ3n) is 5.03. The number of anilines is 2. The van der Waals surface area contributed by atoms with Gasteiger partial charge in [0.15, 0.2) is 0 Å². The Bertz CT molecular complexity index is 797. The minimum absolute atomic E-state index is 0.161. The first-order valence-corrected chi connectivity index (χ1v) is 10.4. The van der Waals surface area contributed by atoms with Crippen LogP contribution in [0.2, 0.25) is 5.02 Å². The number of hydrogen-bond donors (Lipinski definition) is 1. The molecule has 0 atom stereocenters. The molecule has 0 unspecified atom stereocenters. The number of nitrogens with zero attached hydrogens (tertiary/aromatic N) is 1. The molecular formula is C23H29ClN2O2. The Morgan fingerprint density at radius 2 is 1.86 bits per heavy atom. The quantitative estimate of drug-likeness (QED) is 0.659. The molecule has 0 saturated carbocycles. The predicted octanol–water partition coefficient (Wildman–Crippen LogP) is 5.86. The number of rotatable bonds is 6. The zero-order chi connectivity index (χ0) is 20.1. The summed E-state index contributed by atoms with van der Waals surface area (Å²) in [5.74, 6) is 1.85. The van der Waals surface area contributed by atoms with E-state index >= 15 is 0 Å². The summed E-state index contributed by atoms with van der Waals surface area (Å²) < 4.78 is 5.66. The number of ether oxygens (including phenoxy) is 1. The van der Waals surface area contributed by atoms with Gasteiger partial charge in [-0.25, -0.2) is 0 Å². The zero-order valence-electron chi connectivity index (χ0n) is 16.9. The van der Waals surface area contributed by atoms with Gasteiger partial charge in [-0.2, -0.15) is 0 Å². The number of hydrogen-bond acceptors (Lipinski definition) is 3. The van der Waals surface area contributed by atoms with Gasteiger partial charge >= 0.3 is 0 Å². The lowest BCUT2D eigenvalue weighted by atomic mass is 9.99. The lowest BCUT2D eigenvalue weighted by Crippen LogP contribution is -2.32. The lowest BCUT2D eigenvalue weighted by Gasteiger charge is -2.32. The first-order chi connectivity index (χ1) is 13.4. The first kappa shape index (κ1) is 20.5. The molecule has 1 N–H and O–H groups in total. The van der Waals surface area contributed by atoms with E-state index < -0.39 is 0 Å². The third-order valence-corrected chi connectivity index (χ3v) is 5.33. The van der Waals surface area contributed by atoms with Crippen LogP contribution < -0.4 is 15.0 Å². The topological polar surface area (TPSA) is 41.6 Å². The van der Waals surface area contributed by atoms with E-state index in [-0.39, 0.29) is 5.91 Å². The molecule has 2 aromatic carbocycles. The molecule has 0 aliphatic carbocycles. The molecule has 2 aromatic rings. The van der Waals surface area contributed by atoms with Crippen molar-refractivity contribution in [2.45, 2.75) is 33.6 Å². The zero-order valence-corrected chi connectivity index (χ0v) is 17.6. The van der Waals surface area contributed by atoms with Crippen molar-refractivity contribution >= 4 is 28.9 Å². The summed E-state index contributed by atoms with van der Waals surface area (Å²) in [4.78, 5) is 14.8. The Hall–Kier alpha value is -2.20. The number of carbonyl (C=O) groups excluding carboxylic acids is 1. The normalized spacial score (nSPS) is 15.0. The minimum Gasteiger partial charge on any atom is -0.493 e. The maximum Gasteiger partial charge on any atom is 0.255 e. The number of halogens is 1. The van der Waals surface area contributed by atoms with Crippen LogP contribution in [0.1, 0.15) is 44.0 Å². The van der Waals surface area contributed by atoms with Crippen molar-refractivity contribution in [2.24, 2.45) is 11.8 Å². The summed E-state index contributed by atoms with van der Waals surface area (Å²) >= 11 is 6.50. The van der Waals surface area contributed by atoms with Crippen molar-refractivity contribution in [3.05, 3.63) is 53.1 Å².